The lowest BCUT2D eigenvalue weighted by atomic mass is 9.73. The molecule has 0 saturated heterocycles. The molecule has 9 heteroatoms. The number of alkyl halides is 3. The van der Waals surface area contributed by atoms with Gasteiger partial charge in [-0.1, -0.05) is 44.2 Å². The van der Waals surface area contributed by atoms with Gasteiger partial charge in [-0.05, 0) is 59.4 Å². The maximum absolute atomic E-state index is 13.7. The summed E-state index contributed by atoms with van der Waals surface area (Å²) >= 11 is 0. The van der Waals surface area contributed by atoms with Crippen LogP contribution in [0.4, 0.5) is 28.9 Å². The van der Waals surface area contributed by atoms with Crippen LogP contribution in [-0.2, 0) is 21.6 Å². The highest BCUT2D eigenvalue weighted by atomic mass is 32.2. The Morgan fingerprint density at radius 1 is 0.970 bits per heavy atom. The van der Waals surface area contributed by atoms with Gasteiger partial charge in [-0.3, -0.25) is 4.72 Å². The van der Waals surface area contributed by atoms with Crippen molar-refractivity contribution in [3.63, 3.8) is 0 Å². The molecule has 33 heavy (non-hydrogen) atoms. The topological polar surface area (TPSA) is 58.2 Å². The van der Waals surface area contributed by atoms with Crippen LogP contribution in [0, 0.1) is 5.82 Å². The number of nitrogens with one attached hydrogen (secondary N) is 2. The Balaban J connectivity index is 1.74. The summed E-state index contributed by atoms with van der Waals surface area (Å²) in [6.45, 7) is 3.73. The second-order valence-corrected chi connectivity index (χ2v) is 10.3. The van der Waals surface area contributed by atoms with Crippen LogP contribution < -0.4 is 10.0 Å². The summed E-state index contributed by atoms with van der Waals surface area (Å²) in [5.74, 6) is -0.567. The number of benzene rings is 3. The first kappa shape index (κ1) is 23.1. The number of halogens is 4. The normalized spacial score (nSPS) is 17.7. The molecule has 1 aliphatic heterocycles. The van der Waals surface area contributed by atoms with Gasteiger partial charge in [0.05, 0.1) is 27.9 Å². The van der Waals surface area contributed by atoms with Crippen LogP contribution in [0.15, 0.2) is 71.6 Å². The Kier molecular flexibility index (Phi) is 5.64. The summed E-state index contributed by atoms with van der Waals surface area (Å²) in [5, 5.41) is 3.01. The van der Waals surface area contributed by atoms with E-state index in [1.807, 2.05) is 13.8 Å². The van der Waals surface area contributed by atoms with E-state index in [9.17, 15) is 26.0 Å². The van der Waals surface area contributed by atoms with Crippen molar-refractivity contribution >= 4 is 21.4 Å². The van der Waals surface area contributed by atoms with Crippen molar-refractivity contribution in [1.29, 1.82) is 0 Å². The van der Waals surface area contributed by atoms with Gasteiger partial charge in [-0.15, -0.1) is 0 Å². The lowest BCUT2D eigenvalue weighted by molar-refractivity contribution is -0.137. The Labute approximate surface area is 189 Å². The van der Waals surface area contributed by atoms with Gasteiger partial charge in [-0.2, -0.15) is 13.2 Å². The van der Waals surface area contributed by atoms with Crippen LogP contribution in [0.3, 0.4) is 0 Å². The van der Waals surface area contributed by atoms with Crippen molar-refractivity contribution < 1.29 is 26.0 Å². The molecule has 1 atom stereocenters. The summed E-state index contributed by atoms with van der Waals surface area (Å²) in [4.78, 5) is -0.125. The molecular weight excluding hydrogens is 456 g/mol. The molecule has 4 nitrogen and oxygen atoms in total. The molecule has 0 radical (unpaired) electrons. The zero-order valence-electron chi connectivity index (χ0n) is 17.9. The number of rotatable bonds is 4. The van der Waals surface area contributed by atoms with Crippen LogP contribution in [0.5, 0.6) is 0 Å². The molecule has 1 unspecified atom stereocenters. The maximum Gasteiger partial charge on any atom is 0.418 e. The Hall–Kier alpha value is -3.07. The third-order valence-electron chi connectivity index (χ3n) is 5.84. The van der Waals surface area contributed by atoms with Crippen LogP contribution in [-0.4, -0.2) is 8.42 Å². The molecule has 0 saturated carbocycles. The maximum atomic E-state index is 13.7. The molecular formula is C24H22F4N2O2S. The largest absolute Gasteiger partial charge is 0.418 e. The number of hydrogen-bond acceptors (Lipinski definition) is 3. The standard InChI is InChI=1S/C24H22F4N2O2S/c1-23(2)14-21(29-22-18(23)7-5-8-19(22)24(26,27)28)17-6-3-4-9-20(17)30-33(31,32)16-12-10-15(25)11-13-16/h3-13,21,29-30H,14H2,1-2H3. The summed E-state index contributed by atoms with van der Waals surface area (Å²) in [6.07, 6.45) is -4.10. The molecule has 0 fully saturated rings. The fraction of sp³-hybridized carbons (Fsp3) is 0.250. The average molecular weight is 479 g/mol. The molecule has 174 valence electrons. The molecule has 1 heterocycles. The van der Waals surface area contributed by atoms with Crippen molar-refractivity contribution in [1.82, 2.24) is 0 Å². The van der Waals surface area contributed by atoms with E-state index in [2.05, 4.69) is 10.0 Å². The lowest BCUT2D eigenvalue weighted by Gasteiger charge is -2.40. The van der Waals surface area contributed by atoms with E-state index >= 15 is 0 Å². The number of anilines is 2. The van der Waals surface area contributed by atoms with Gasteiger partial charge in [0.1, 0.15) is 5.82 Å². The molecule has 2 N–H and O–H groups in total. The highest BCUT2D eigenvalue weighted by Crippen LogP contribution is 2.49. The van der Waals surface area contributed by atoms with Gasteiger partial charge in [0.2, 0.25) is 0 Å². The van der Waals surface area contributed by atoms with Crippen LogP contribution in [0.1, 0.15) is 43.0 Å². The molecule has 3 aromatic carbocycles. The van der Waals surface area contributed by atoms with E-state index in [1.54, 1.807) is 30.3 Å². The minimum Gasteiger partial charge on any atom is -0.377 e. The first-order valence-corrected chi connectivity index (χ1v) is 11.7. The van der Waals surface area contributed by atoms with Crippen LogP contribution in [0.25, 0.3) is 0 Å². The van der Waals surface area contributed by atoms with E-state index in [0.717, 1.165) is 30.3 Å². The molecule has 0 bridgehead atoms. The fourth-order valence-corrected chi connectivity index (χ4v) is 5.34. The fourth-order valence-electron chi connectivity index (χ4n) is 4.25. The van der Waals surface area contributed by atoms with Gasteiger partial charge in [0, 0.05) is 0 Å². The predicted octanol–water partition coefficient (Wildman–Crippen LogP) is 6.48. The highest BCUT2D eigenvalue weighted by Gasteiger charge is 2.41. The summed E-state index contributed by atoms with van der Waals surface area (Å²) in [5.41, 5.74) is -0.0559. The zero-order valence-corrected chi connectivity index (χ0v) is 18.7. The molecule has 3 aromatic rings. The molecule has 1 aliphatic rings. The first-order valence-electron chi connectivity index (χ1n) is 10.2. The molecule has 0 aliphatic carbocycles. The molecule has 4 rings (SSSR count). The van der Waals surface area contributed by atoms with Crippen molar-refractivity contribution in [2.75, 3.05) is 10.0 Å². The smallest absolute Gasteiger partial charge is 0.377 e. The van der Waals surface area contributed by atoms with Crippen molar-refractivity contribution in [2.24, 2.45) is 0 Å². The number of sulfonamides is 1. The SMILES string of the molecule is CC1(C)CC(c2ccccc2NS(=O)(=O)c2ccc(F)cc2)Nc2c(C(F)(F)F)cccc21. The first-order chi connectivity index (χ1) is 15.4. The van der Waals surface area contributed by atoms with E-state index in [1.165, 1.54) is 6.07 Å². The summed E-state index contributed by atoms with van der Waals surface area (Å²) in [6, 6.07) is 14.5. The van der Waals surface area contributed by atoms with Gasteiger partial charge in [0.15, 0.2) is 0 Å². The summed E-state index contributed by atoms with van der Waals surface area (Å²) in [7, 11) is -4.04. The third kappa shape index (κ3) is 4.55. The Bertz CT molecular complexity index is 1270. The number of fused-ring (bicyclic) bond motifs is 1. The number of hydrogen-bond donors (Lipinski definition) is 2. The van der Waals surface area contributed by atoms with E-state index in [0.29, 0.717) is 17.5 Å². The van der Waals surface area contributed by atoms with Gasteiger partial charge in [-0.25, -0.2) is 12.8 Å². The lowest BCUT2D eigenvalue weighted by Crippen LogP contribution is -2.33. The molecule has 0 aromatic heterocycles. The average Bonchev–Trinajstić information content (AvgIpc) is 2.72. The minimum absolute atomic E-state index is 0.00226. The van der Waals surface area contributed by atoms with Gasteiger partial charge < -0.3 is 5.32 Å². The van der Waals surface area contributed by atoms with Crippen LogP contribution in [0.2, 0.25) is 0 Å². The second-order valence-electron chi connectivity index (χ2n) is 8.66. The van der Waals surface area contributed by atoms with E-state index < -0.39 is 39.0 Å². The zero-order chi connectivity index (χ0) is 24.0. The Morgan fingerprint density at radius 2 is 1.64 bits per heavy atom. The minimum atomic E-state index is -4.54. The second kappa shape index (κ2) is 8.06. The molecule has 0 spiro atoms. The number of para-hydroxylation sites is 2. The van der Waals surface area contributed by atoms with E-state index in [4.69, 9.17) is 0 Å². The summed E-state index contributed by atoms with van der Waals surface area (Å²) < 4.78 is 82.6. The predicted molar refractivity (Wildman–Crippen MR) is 119 cm³/mol. The third-order valence-corrected chi connectivity index (χ3v) is 7.22. The Morgan fingerprint density at radius 3 is 2.30 bits per heavy atom. The van der Waals surface area contributed by atoms with Gasteiger partial charge in [0.25, 0.3) is 10.0 Å². The monoisotopic (exact) mass is 478 g/mol. The van der Waals surface area contributed by atoms with Crippen LogP contribution >= 0.6 is 0 Å². The van der Waals surface area contributed by atoms with Gasteiger partial charge >= 0.3 is 6.18 Å². The quantitative estimate of drug-likeness (QED) is 0.422. The van der Waals surface area contributed by atoms with E-state index in [-0.39, 0.29) is 16.3 Å². The molecule has 0 amide bonds. The van der Waals surface area contributed by atoms with Crippen molar-refractivity contribution in [2.45, 2.75) is 42.8 Å². The van der Waals surface area contributed by atoms with Crippen molar-refractivity contribution in [3.8, 4) is 0 Å². The van der Waals surface area contributed by atoms with Crippen molar-refractivity contribution in [3.05, 3.63) is 89.2 Å². The highest BCUT2D eigenvalue weighted by molar-refractivity contribution is 7.92.